The van der Waals surface area contributed by atoms with Crippen LogP contribution in [-0.4, -0.2) is 24.1 Å². The van der Waals surface area contributed by atoms with E-state index >= 15 is 0 Å². The second-order valence-corrected chi connectivity index (χ2v) is 8.10. The third kappa shape index (κ3) is 3.98. The lowest BCUT2D eigenvalue weighted by molar-refractivity contribution is -0.940. The number of aromatic nitrogens is 1. The van der Waals surface area contributed by atoms with E-state index in [0.29, 0.717) is 11.8 Å². The molecule has 1 aliphatic rings. The van der Waals surface area contributed by atoms with Gasteiger partial charge in [-0.1, -0.05) is 36.4 Å². The van der Waals surface area contributed by atoms with E-state index in [2.05, 4.69) is 47.4 Å². The Morgan fingerprint density at radius 1 is 1.17 bits per heavy atom. The Balaban J connectivity index is 1.70. The topological polar surface area (TPSA) is 47.7 Å². The zero-order chi connectivity index (χ0) is 21.1. The first-order valence-electron chi connectivity index (χ1n) is 10.6. The van der Waals surface area contributed by atoms with E-state index in [0.717, 1.165) is 36.2 Å². The number of hydrogen-bond donors (Lipinski definition) is 2. The van der Waals surface area contributed by atoms with Gasteiger partial charge in [-0.3, -0.25) is 4.79 Å². The number of carbonyl (C=O) groups is 1. The van der Waals surface area contributed by atoms with Gasteiger partial charge in [-0.25, -0.2) is 0 Å². The summed E-state index contributed by atoms with van der Waals surface area (Å²) in [7, 11) is 3.71. The van der Waals surface area contributed by atoms with Gasteiger partial charge >= 0.3 is 0 Å². The van der Waals surface area contributed by atoms with Gasteiger partial charge in [0.1, 0.15) is 11.8 Å². The number of nitrogens with zero attached hydrogens (tertiary/aromatic N) is 1. The number of quaternary nitrogens is 1. The van der Waals surface area contributed by atoms with Crippen molar-refractivity contribution < 1.29 is 14.4 Å². The fourth-order valence-electron chi connectivity index (χ4n) is 4.69. The van der Waals surface area contributed by atoms with E-state index in [1.165, 1.54) is 10.6 Å². The van der Waals surface area contributed by atoms with Gasteiger partial charge in [0.25, 0.3) is 5.91 Å². The molecule has 5 heteroatoms. The molecule has 1 amide bonds. The van der Waals surface area contributed by atoms with Gasteiger partial charge < -0.3 is 19.5 Å². The van der Waals surface area contributed by atoms with Crippen LogP contribution in [0.5, 0.6) is 5.75 Å². The number of hydrogen-bond acceptors (Lipinski definition) is 2. The van der Waals surface area contributed by atoms with Crippen molar-refractivity contribution in [1.29, 1.82) is 0 Å². The molecule has 0 aliphatic carbocycles. The fraction of sp³-hybridized carbons (Fsp3) is 0.320. The number of carbonyl (C=O) groups excluding carboxylic acids is 1. The Kier molecular flexibility index (Phi) is 5.91. The number of aryl methyl sites for hydroxylation is 2. The van der Waals surface area contributed by atoms with E-state index < -0.39 is 0 Å². The molecule has 1 aliphatic heterocycles. The molecule has 2 N–H and O–H groups in total. The van der Waals surface area contributed by atoms with Crippen LogP contribution >= 0.6 is 0 Å². The molecule has 0 spiro atoms. The Morgan fingerprint density at radius 2 is 1.97 bits per heavy atom. The Morgan fingerprint density at radius 3 is 2.67 bits per heavy atom. The smallest absolute Gasteiger partial charge is 0.287 e. The molecule has 0 bridgehead atoms. The third-order valence-corrected chi connectivity index (χ3v) is 6.13. The number of benzene rings is 2. The van der Waals surface area contributed by atoms with Crippen LogP contribution in [0.1, 0.15) is 41.7 Å². The fourth-order valence-corrected chi connectivity index (χ4v) is 4.69. The van der Waals surface area contributed by atoms with Crippen LogP contribution in [0.3, 0.4) is 0 Å². The van der Waals surface area contributed by atoms with Gasteiger partial charge in [-0.05, 0) is 36.8 Å². The number of nitrogens with one attached hydrogen (secondary N) is 2. The zero-order valence-electron chi connectivity index (χ0n) is 17.9. The summed E-state index contributed by atoms with van der Waals surface area (Å²) in [5, 5.41) is 3.17. The van der Waals surface area contributed by atoms with Crippen molar-refractivity contribution in [2.75, 3.05) is 19.0 Å². The lowest BCUT2D eigenvalue weighted by Crippen LogP contribution is -3.11. The molecule has 3 atom stereocenters. The van der Waals surface area contributed by atoms with Crippen LogP contribution in [0.25, 0.3) is 0 Å². The highest BCUT2D eigenvalue weighted by Gasteiger charge is 2.41. The molecule has 2 aromatic carbocycles. The molecule has 0 radical (unpaired) electrons. The van der Waals surface area contributed by atoms with Gasteiger partial charge in [0.05, 0.1) is 25.0 Å². The van der Waals surface area contributed by atoms with Gasteiger partial charge in [-0.2, -0.15) is 0 Å². The zero-order valence-corrected chi connectivity index (χ0v) is 17.9. The number of likely N-dealkylation sites (tertiary alicyclic amines) is 1. The quantitative estimate of drug-likeness (QED) is 0.661. The van der Waals surface area contributed by atoms with E-state index in [1.807, 2.05) is 43.3 Å². The van der Waals surface area contributed by atoms with E-state index in [-0.39, 0.29) is 11.9 Å². The summed E-state index contributed by atoms with van der Waals surface area (Å²) in [6, 6.07) is 20.3. The molecule has 156 valence electrons. The van der Waals surface area contributed by atoms with Gasteiger partial charge in [0.15, 0.2) is 6.04 Å². The Labute approximate surface area is 178 Å². The predicted octanol–water partition coefficient (Wildman–Crippen LogP) is 3.44. The summed E-state index contributed by atoms with van der Waals surface area (Å²) < 4.78 is 7.66. The Hall–Kier alpha value is -3.05. The largest absolute Gasteiger partial charge is 0.495 e. The minimum atomic E-state index is -0.293. The molecule has 1 fully saturated rings. The first kappa shape index (κ1) is 20.2. The number of ether oxygens (including phenoxy) is 1. The van der Waals surface area contributed by atoms with Crippen molar-refractivity contribution >= 4 is 11.6 Å². The van der Waals surface area contributed by atoms with Crippen molar-refractivity contribution in [1.82, 2.24) is 4.57 Å². The highest BCUT2D eigenvalue weighted by molar-refractivity contribution is 5.96. The maximum atomic E-state index is 13.7. The number of anilines is 1. The maximum absolute atomic E-state index is 13.7. The molecule has 1 saturated heterocycles. The first-order valence-corrected chi connectivity index (χ1v) is 10.6. The minimum absolute atomic E-state index is 0.00112. The molecule has 0 saturated carbocycles. The molecule has 30 heavy (non-hydrogen) atoms. The van der Waals surface area contributed by atoms with Crippen LogP contribution in [-0.2, 0) is 11.8 Å². The summed E-state index contributed by atoms with van der Waals surface area (Å²) in [6.07, 6.45) is 4.27. The van der Waals surface area contributed by atoms with E-state index in [4.69, 9.17) is 4.74 Å². The van der Waals surface area contributed by atoms with Crippen LogP contribution in [0, 0.1) is 6.92 Å². The summed E-state index contributed by atoms with van der Waals surface area (Å²) in [5.41, 5.74) is 4.12. The number of rotatable bonds is 6. The molecular weight excluding hydrogens is 374 g/mol. The lowest BCUT2D eigenvalue weighted by Gasteiger charge is -2.30. The van der Waals surface area contributed by atoms with Crippen molar-refractivity contribution in [3.05, 3.63) is 83.7 Å². The molecular formula is C25H30N3O2+. The second-order valence-electron chi connectivity index (χ2n) is 8.10. The minimum Gasteiger partial charge on any atom is -0.495 e. The SMILES string of the molecule is COc1ccc(C)cc1NC(=O)[C@@H](c1ccccc1)[NH+]1CCC[C@@H]1c1cccn1C. The molecule has 5 nitrogen and oxygen atoms in total. The normalized spacial score (nSPS) is 19.4. The lowest BCUT2D eigenvalue weighted by atomic mass is 10.0. The van der Waals surface area contributed by atoms with Crippen LogP contribution in [0.2, 0.25) is 0 Å². The molecule has 2 heterocycles. The van der Waals surface area contributed by atoms with Gasteiger partial charge in [0.2, 0.25) is 0 Å². The monoisotopic (exact) mass is 404 g/mol. The van der Waals surface area contributed by atoms with Crippen molar-refractivity contribution in [2.45, 2.75) is 31.8 Å². The maximum Gasteiger partial charge on any atom is 0.287 e. The predicted molar refractivity (Wildman–Crippen MR) is 119 cm³/mol. The second kappa shape index (κ2) is 8.76. The number of methoxy groups -OCH3 is 1. The van der Waals surface area contributed by atoms with Crippen LogP contribution in [0.15, 0.2) is 66.9 Å². The van der Waals surface area contributed by atoms with Gasteiger partial charge in [-0.15, -0.1) is 0 Å². The van der Waals surface area contributed by atoms with Crippen molar-refractivity contribution in [2.24, 2.45) is 7.05 Å². The van der Waals surface area contributed by atoms with Crippen LogP contribution < -0.4 is 15.0 Å². The average Bonchev–Trinajstić information content (AvgIpc) is 3.38. The highest BCUT2D eigenvalue weighted by Crippen LogP contribution is 2.28. The average molecular weight is 405 g/mol. The molecule has 3 aromatic rings. The van der Waals surface area contributed by atoms with Gasteiger partial charge in [0, 0.05) is 31.6 Å². The van der Waals surface area contributed by atoms with E-state index in [9.17, 15) is 4.79 Å². The molecule has 1 unspecified atom stereocenters. The first-order chi connectivity index (χ1) is 14.6. The van der Waals surface area contributed by atoms with Crippen LogP contribution in [0.4, 0.5) is 5.69 Å². The molecule has 1 aromatic heterocycles. The highest BCUT2D eigenvalue weighted by atomic mass is 16.5. The standard InChI is InChI=1S/C25H29N3O2/c1-18-13-14-23(30-3)20(17-18)26-25(29)24(19-9-5-4-6-10-19)28-16-8-12-22(28)21-11-7-15-27(21)2/h4-7,9-11,13-15,17,22,24H,8,12,16H2,1-3H3,(H,26,29)/p+1/t22-,24-/m1/s1. The summed E-state index contributed by atoms with van der Waals surface area (Å²) >= 11 is 0. The van der Waals surface area contributed by atoms with E-state index in [1.54, 1.807) is 7.11 Å². The third-order valence-electron chi connectivity index (χ3n) is 6.13. The van der Waals surface area contributed by atoms with Crippen molar-refractivity contribution in [3.63, 3.8) is 0 Å². The number of amides is 1. The summed E-state index contributed by atoms with van der Waals surface area (Å²) in [5.74, 6) is 0.678. The summed E-state index contributed by atoms with van der Waals surface area (Å²) in [6.45, 7) is 2.98. The molecule has 4 rings (SSSR count). The van der Waals surface area contributed by atoms with Crippen molar-refractivity contribution in [3.8, 4) is 5.75 Å². The Bertz CT molecular complexity index is 1010. The summed E-state index contributed by atoms with van der Waals surface area (Å²) in [4.78, 5) is 15.0.